The van der Waals surface area contributed by atoms with E-state index in [0.29, 0.717) is 10.6 Å². The summed E-state index contributed by atoms with van der Waals surface area (Å²) in [6, 6.07) is 2.04. The standard InChI is InChI=1S/C13H12BN3O2S/c1-6-8(3)18-13(17-6)10(5-15)11(19-14)12-7(2)16-9(4)20-12/h1-4H3. The molecule has 0 aliphatic heterocycles. The molecule has 0 unspecified atom stereocenters. The molecule has 0 atom stereocenters. The zero-order chi connectivity index (χ0) is 14.9. The van der Waals surface area contributed by atoms with E-state index in [1.54, 1.807) is 6.92 Å². The van der Waals surface area contributed by atoms with Crippen LogP contribution in [0.15, 0.2) is 4.42 Å². The summed E-state index contributed by atoms with van der Waals surface area (Å²) < 4.78 is 10.4. The summed E-state index contributed by atoms with van der Waals surface area (Å²) in [7, 11) is 5.34. The summed E-state index contributed by atoms with van der Waals surface area (Å²) in [6.07, 6.45) is 0. The molecule has 2 radical (unpaired) electrons. The van der Waals surface area contributed by atoms with Crippen LogP contribution in [0.25, 0.3) is 11.3 Å². The molecule has 0 saturated heterocycles. The SMILES string of the molecule is [B]OC(=C(C#N)c1nc(C)c(C)o1)c1sc(C)nc1C. The topological polar surface area (TPSA) is 71.9 Å². The summed E-state index contributed by atoms with van der Waals surface area (Å²) >= 11 is 1.40. The third kappa shape index (κ3) is 2.47. The summed E-state index contributed by atoms with van der Waals surface area (Å²) in [5, 5.41) is 10.2. The number of hydrogen-bond donors (Lipinski definition) is 0. The van der Waals surface area contributed by atoms with Crippen molar-refractivity contribution in [3.05, 3.63) is 32.9 Å². The number of allylic oxidation sites excluding steroid dienone is 1. The van der Waals surface area contributed by atoms with Gasteiger partial charge in [-0.1, -0.05) is 0 Å². The van der Waals surface area contributed by atoms with Gasteiger partial charge in [-0.15, -0.1) is 11.3 Å². The van der Waals surface area contributed by atoms with E-state index in [4.69, 9.17) is 17.1 Å². The van der Waals surface area contributed by atoms with E-state index in [-0.39, 0.29) is 17.2 Å². The molecule has 0 bridgehead atoms. The second-order valence-electron chi connectivity index (χ2n) is 4.24. The third-order valence-corrected chi connectivity index (χ3v) is 3.88. The van der Waals surface area contributed by atoms with Crippen LogP contribution in [0.5, 0.6) is 0 Å². The molecule has 2 heterocycles. The minimum atomic E-state index is 0.162. The van der Waals surface area contributed by atoms with Gasteiger partial charge >= 0.3 is 8.05 Å². The van der Waals surface area contributed by atoms with E-state index in [2.05, 4.69) is 9.97 Å². The average molecular weight is 285 g/mol. The summed E-state index contributed by atoms with van der Waals surface area (Å²) in [5.74, 6) is 1.09. The number of aromatic nitrogens is 2. The number of thiazole rings is 1. The van der Waals surface area contributed by atoms with E-state index in [0.717, 1.165) is 16.4 Å². The van der Waals surface area contributed by atoms with Gasteiger partial charge in [0.25, 0.3) is 0 Å². The van der Waals surface area contributed by atoms with Gasteiger partial charge in [-0.3, -0.25) is 0 Å². The first-order valence-corrected chi connectivity index (χ1v) is 6.69. The van der Waals surface area contributed by atoms with Crippen LogP contribution >= 0.6 is 11.3 Å². The molecule has 2 aromatic heterocycles. The van der Waals surface area contributed by atoms with Gasteiger partial charge in [0.2, 0.25) is 5.89 Å². The Morgan fingerprint density at radius 2 is 1.95 bits per heavy atom. The highest BCUT2D eigenvalue weighted by Crippen LogP contribution is 2.32. The molecule has 0 aliphatic carbocycles. The van der Waals surface area contributed by atoms with Crippen molar-refractivity contribution < 1.29 is 9.07 Å². The van der Waals surface area contributed by atoms with E-state index in [1.165, 1.54) is 11.3 Å². The molecule has 20 heavy (non-hydrogen) atoms. The van der Waals surface area contributed by atoms with E-state index in [9.17, 15) is 5.26 Å². The Hall–Kier alpha value is -2.07. The fourth-order valence-corrected chi connectivity index (χ4v) is 2.66. The maximum Gasteiger partial charge on any atom is 0.374 e. The highest BCUT2D eigenvalue weighted by atomic mass is 32.1. The summed E-state index contributed by atoms with van der Waals surface area (Å²) in [4.78, 5) is 9.22. The van der Waals surface area contributed by atoms with Crippen LogP contribution < -0.4 is 0 Å². The van der Waals surface area contributed by atoms with Gasteiger partial charge in [-0.05, 0) is 27.7 Å². The van der Waals surface area contributed by atoms with Crippen molar-refractivity contribution in [1.82, 2.24) is 9.97 Å². The van der Waals surface area contributed by atoms with Crippen LogP contribution in [0.4, 0.5) is 0 Å². The van der Waals surface area contributed by atoms with Crippen molar-refractivity contribution in [1.29, 1.82) is 5.26 Å². The number of nitrogens with zero attached hydrogens (tertiary/aromatic N) is 3. The minimum Gasteiger partial charge on any atom is -0.566 e. The second kappa shape index (κ2) is 5.51. The lowest BCUT2D eigenvalue weighted by Crippen LogP contribution is -1.95. The molecule has 2 rings (SSSR count). The molecule has 2 aromatic rings. The van der Waals surface area contributed by atoms with Crippen molar-refractivity contribution in [3.63, 3.8) is 0 Å². The largest absolute Gasteiger partial charge is 0.566 e. The molecule has 100 valence electrons. The Bertz CT molecular complexity index is 705. The van der Waals surface area contributed by atoms with Gasteiger partial charge in [0.05, 0.1) is 21.3 Å². The Kier molecular flexibility index (Phi) is 3.95. The van der Waals surface area contributed by atoms with Gasteiger partial charge < -0.3 is 9.07 Å². The number of hydrogen-bond acceptors (Lipinski definition) is 6. The van der Waals surface area contributed by atoms with Crippen molar-refractivity contribution >= 4 is 30.7 Å². The zero-order valence-corrected chi connectivity index (χ0v) is 12.5. The van der Waals surface area contributed by atoms with Crippen LogP contribution in [0.1, 0.15) is 32.9 Å². The van der Waals surface area contributed by atoms with Crippen LogP contribution in [0.2, 0.25) is 0 Å². The highest BCUT2D eigenvalue weighted by Gasteiger charge is 2.21. The normalized spacial score (nSPS) is 11.9. The molecule has 0 fully saturated rings. The average Bonchev–Trinajstić information content (AvgIpc) is 2.89. The van der Waals surface area contributed by atoms with Gasteiger partial charge in [0.1, 0.15) is 17.6 Å². The van der Waals surface area contributed by atoms with Gasteiger partial charge in [0.15, 0.2) is 5.57 Å². The first-order valence-electron chi connectivity index (χ1n) is 5.87. The quantitative estimate of drug-likeness (QED) is 0.492. The predicted molar refractivity (Wildman–Crippen MR) is 76.8 cm³/mol. The molecular weight excluding hydrogens is 273 g/mol. The number of aryl methyl sites for hydroxylation is 4. The lowest BCUT2D eigenvalue weighted by molar-refractivity contribution is 0.509. The van der Waals surface area contributed by atoms with Crippen molar-refractivity contribution in [2.75, 3.05) is 0 Å². The van der Waals surface area contributed by atoms with Gasteiger partial charge in [0, 0.05) is 0 Å². The first kappa shape index (κ1) is 14.3. The third-order valence-electron chi connectivity index (χ3n) is 2.81. The second-order valence-corrected chi connectivity index (χ2v) is 5.45. The molecule has 0 aliphatic rings. The van der Waals surface area contributed by atoms with Crippen molar-refractivity contribution in [3.8, 4) is 6.07 Å². The maximum atomic E-state index is 9.38. The van der Waals surface area contributed by atoms with Crippen LogP contribution in [0, 0.1) is 39.0 Å². The lowest BCUT2D eigenvalue weighted by Gasteiger charge is -2.06. The highest BCUT2D eigenvalue weighted by molar-refractivity contribution is 7.12. The number of nitriles is 1. The molecule has 5 nitrogen and oxygen atoms in total. The van der Waals surface area contributed by atoms with E-state index in [1.807, 2.05) is 26.8 Å². The zero-order valence-electron chi connectivity index (χ0n) is 11.6. The molecular formula is C13H12BN3O2S. The molecule has 0 aromatic carbocycles. The van der Waals surface area contributed by atoms with Crippen molar-refractivity contribution in [2.24, 2.45) is 0 Å². The van der Waals surface area contributed by atoms with E-state index < -0.39 is 0 Å². The first-order chi connectivity index (χ1) is 9.47. The lowest BCUT2D eigenvalue weighted by atomic mass is 10.2. The van der Waals surface area contributed by atoms with Gasteiger partial charge in [-0.25, -0.2) is 9.97 Å². The van der Waals surface area contributed by atoms with Crippen LogP contribution in [-0.2, 0) is 4.65 Å². The Morgan fingerprint density at radius 1 is 1.25 bits per heavy atom. The fourth-order valence-electron chi connectivity index (χ4n) is 1.74. The summed E-state index contributed by atoms with van der Waals surface area (Å²) in [6.45, 7) is 7.30. The fraction of sp³-hybridized carbons (Fsp3) is 0.308. The summed E-state index contributed by atoms with van der Waals surface area (Å²) in [5.41, 5.74) is 1.64. The number of rotatable bonds is 3. The molecule has 0 amide bonds. The Morgan fingerprint density at radius 3 is 2.35 bits per heavy atom. The molecule has 0 spiro atoms. The maximum absolute atomic E-state index is 9.38. The number of oxazole rings is 1. The minimum absolute atomic E-state index is 0.162. The monoisotopic (exact) mass is 285 g/mol. The molecule has 0 N–H and O–H groups in total. The molecule has 0 saturated carbocycles. The smallest absolute Gasteiger partial charge is 0.374 e. The van der Waals surface area contributed by atoms with Crippen molar-refractivity contribution in [2.45, 2.75) is 27.7 Å². The Balaban J connectivity index is 2.66. The van der Waals surface area contributed by atoms with E-state index >= 15 is 0 Å². The Labute approximate surface area is 122 Å². The molecule has 7 heteroatoms. The van der Waals surface area contributed by atoms with Gasteiger partial charge in [-0.2, -0.15) is 5.26 Å². The predicted octanol–water partition coefficient (Wildman–Crippen LogP) is 2.86. The van der Waals surface area contributed by atoms with Crippen LogP contribution in [-0.4, -0.2) is 18.0 Å². The van der Waals surface area contributed by atoms with Crippen LogP contribution in [0.3, 0.4) is 0 Å².